The topological polar surface area (TPSA) is 60.5 Å². The number of rotatable bonds is 6. The fourth-order valence-corrected chi connectivity index (χ4v) is 5.37. The number of nitrogens with one attached hydrogen (secondary N) is 1. The molecular formula is C25H26N2O3S. The first-order chi connectivity index (χ1) is 15.1. The van der Waals surface area contributed by atoms with Gasteiger partial charge in [0.1, 0.15) is 5.69 Å². The molecule has 3 aromatic rings. The standard InChI is InChI=1S/C25H26N2O3S/c1-17-4-6-18(7-5-17)12-23-27-20(14-31-23)24(28)26-15-25(10-2-3-11-25)19-8-9-21-22(13-19)30-16-29-21/h4-9,13-14H,2-3,10-12,15-16H2,1H3,(H,26,28). The van der Waals surface area contributed by atoms with Crippen molar-refractivity contribution in [2.45, 2.75) is 44.4 Å². The second-order valence-corrected chi connectivity index (χ2v) is 9.47. The van der Waals surface area contributed by atoms with Gasteiger partial charge in [0.15, 0.2) is 11.5 Å². The van der Waals surface area contributed by atoms with Gasteiger partial charge in [0.2, 0.25) is 6.79 Å². The van der Waals surface area contributed by atoms with E-state index in [9.17, 15) is 4.79 Å². The van der Waals surface area contributed by atoms with Crippen molar-refractivity contribution in [3.05, 3.63) is 75.2 Å². The van der Waals surface area contributed by atoms with Crippen molar-refractivity contribution in [1.29, 1.82) is 0 Å². The van der Waals surface area contributed by atoms with Crippen molar-refractivity contribution < 1.29 is 14.3 Å². The average molecular weight is 435 g/mol. The molecule has 0 spiro atoms. The molecular weight excluding hydrogens is 408 g/mol. The van der Waals surface area contributed by atoms with Crippen LogP contribution in [0.15, 0.2) is 47.8 Å². The fraction of sp³-hybridized carbons (Fsp3) is 0.360. The predicted molar refractivity (Wildman–Crippen MR) is 121 cm³/mol. The first-order valence-corrected chi connectivity index (χ1v) is 11.7. The maximum Gasteiger partial charge on any atom is 0.270 e. The van der Waals surface area contributed by atoms with E-state index in [0.29, 0.717) is 12.2 Å². The van der Waals surface area contributed by atoms with Gasteiger partial charge in [-0.3, -0.25) is 4.79 Å². The lowest BCUT2D eigenvalue weighted by Crippen LogP contribution is -2.39. The Balaban J connectivity index is 1.27. The number of ether oxygens (including phenoxy) is 2. The number of nitrogens with zero attached hydrogens (tertiary/aromatic N) is 1. The molecule has 6 heteroatoms. The molecule has 2 heterocycles. The summed E-state index contributed by atoms with van der Waals surface area (Å²) in [6, 6.07) is 14.6. The number of hydrogen-bond acceptors (Lipinski definition) is 5. The Labute approximate surface area is 186 Å². The number of aryl methyl sites for hydroxylation is 1. The van der Waals surface area contributed by atoms with Crippen LogP contribution in [-0.2, 0) is 11.8 Å². The number of thiazole rings is 1. The highest BCUT2D eigenvalue weighted by atomic mass is 32.1. The molecule has 1 aliphatic carbocycles. The third-order valence-corrected chi connectivity index (χ3v) is 7.24. The zero-order valence-electron chi connectivity index (χ0n) is 17.6. The molecule has 1 N–H and O–H groups in total. The van der Waals surface area contributed by atoms with Crippen LogP contribution in [0, 0.1) is 6.92 Å². The van der Waals surface area contributed by atoms with Crippen LogP contribution in [0.4, 0.5) is 0 Å². The summed E-state index contributed by atoms with van der Waals surface area (Å²) in [5, 5.41) is 5.99. The number of aromatic nitrogens is 1. The van der Waals surface area contributed by atoms with Crippen LogP contribution < -0.4 is 14.8 Å². The minimum Gasteiger partial charge on any atom is -0.454 e. The van der Waals surface area contributed by atoms with E-state index in [4.69, 9.17) is 9.47 Å². The van der Waals surface area contributed by atoms with E-state index in [1.54, 1.807) is 11.3 Å². The van der Waals surface area contributed by atoms with Crippen LogP contribution in [0.3, 0.4) is 0 Å². The molecule has 2 aromatic carbocycles. The maximum absolute atomic E-state index is 12.9. The Morgan fingerprint density at radius 2 is 1.87 bits per heavy atom. The van der Waals surface area contributed by atoms with E-state index < -0.39 is 0 Å². The molecule has 5 nitrogen and oxygen atoms in total. The molecule has 1 saturated carbocycles. The van der Waals surface area contributed by atoms with E-state index >= 15 is 0 Å². The highest BCUT2D eigenvalue weighted by Crippen LogP contribution is 2.44. The monoisotopic (exact) mass is 434 g/mol. The molecule has 5 rings (SSSR count). The van der Waals surface area contributed by atoms with Crippen molar-refractivity contribution in [3.8, 4) is 11.5 Å². The molecule has 31 heavy (non-hydrogen) atoms. The largest absolute Gasteiger partial charge is 0.454 e. The van der Waals surface area contributed by atoms with Gasteiger partial charge in [-0.2, -0.15) is 0 Å². The van der Waals surface area contributed by atoms with Crippen molar-refractivity contribution in [3.63, 3.8) is 0 Å². The van der Waals surface area contributed by atoms with Crippen molar-refractivity contribution in [2.75, 3.05) is 13.3 Å². The molecule has 160 valence electrons. The lowest BCUT2D eigenvalue weighted by molar-refractivity contribution is 0.0938. The fourth-order valence-electron chi connectivity index (χ4n) is 4.56. The summed E-state index contributed by atoms with van der Waals surface area (Å²) in [7, 11) is 0. The minimum absolute atomic E-state index is 0.0581. The molecule has 2 aliphatic rings. The summed E-state index contributed by atoms with van der Waals surface area (Å²) in [6.45, 7) is 2.96. The Morgan fingerprint density at radius 1 is 1.10 bits per heavy atom. The van der Waals surface area contributed by atoms with E-state index in [-0.39, 0.29) is 18.1 Å². The van der Waals surface area contributed by atoms with E-state index in [1.807, 2.05) is 11.4 Å². The summed E-state index contributed by atoms with van der Waals surface area (Å²) < 4.78 is 11.0. The number of fused-ring (bicyclic) bond motifs is 1. The Morgan fingerprint density at radius 3 is 2.68 bits per heavy atom. The van der Waals surface area contributed by atoms with Crippen LogP contribution in [0.2, 0.25) is 0 Å². The lowest BCUT2D eigenvalue weighted by atomic mass is 9.78. The SMILES string of the molecule is Cc1ccc(Cc2nc(C(=O)NCC3(c4ccc5c(c4)OCO5)CCCC3)cs2)cc1. The van der Waals surface area contributed by atoms with Crippen LogP contribution >= 0.6 is 11.3 Å². The molecule has 0 bridgehead atoms. The van der Waals surface area contributed by atoms with Gasteiger partial charge in [-0.15, -0.1) is 11.3 Å². The van der Waals surface area contributed by atoms with E-state index in [0.717, 1.165) is 35.8 Å². The van der Waals surface area contributed by atoms with Crippen molar-refractivity contribution in [1.82, 2.24) is 10.3 Å². The summed E-state index contributed by atoms with van der Waals surface area (Å²) in [5.41, 5.74) is 4.11. The zero-order chi connectivity index (χ0) is 21.3. The first-order valence-electron chi connectivity index (χ1n) is 10.8. The lowest BCUT2D eigenvalue weighted by Gasteiger charge is -2.30. The third kappa shape index (κ3) is 4.17. The van der Waals surface area contributed by atoms with Gasteiger partial charge in [0.05, 0.1) is 5.01 Å². The van der Waals surface area contributed by atoms with E-state index in [2.05, 4.69) is 53.6 Å². The summed E-state index contributed by atoms with van der Waals surface area (Å²) in [5.74, 6) is 1.50. The molecule has 0 saturated heterocycles. The van der Waals surface area contributed by atoms with Gasteiger partial charge in [-0.25, -0.2) is 4.98 Å². The quantitative estimate of drug-likeness (QED) is 0.592. The van der Waals surface area contributed by atoms with Crippen LogP contribution in [0.5, 0.6) is 11.5 Å². The average Bonchev–Trinajstić information content (AvgIpc) is 3.54. The van der Waals surface area contributed by atoms with Crippen LogP contribution in [0.25, 0.3) is 0 Å². The second-order valence-electron chi connectivity index (χ2n) is 8.53. The predicted octanol–water partition coefficient (Wildman–Crippen LogP) is 5.01. The molecule has 1 aliphatic heterocycles. The second kappa shape index (κ2) is 8.35. The summed E-state index contributed by atoms with van der Waals surface area (Å²) in [6.07, 6.45) is 5.20. The van der Waals surface area contributed by atoms with Gasteiger partial charge >= 0.3 is 0 Å². The first kappa shape index (κ1) is 20.1. The number of carbonyl (C=O) groups is 1. The van der Waals surface area contributed by atoms with Crippen molar-refractivity contribution >= 4 is 17.2 Å². The molecule has 0 radical (unpaired) electrons. The summed E-state index contributed by atoms with van der Waals surface area (Å²) in [4.78, 5) is 17.4. The highest BCUT2D eigenvalue weighted by Gasteiger charge is 2.37. The van der Waals surface area contributed by atoms with E-state index in [1.165, 1.54) is 29.5 Å². The van der Waals surface area contributed by atoms with Crippen LogP contribution in [-0.4, -0.2) is 24.2 Å². The van der Waals surface area contributed by atoms with Gasteiger partial charge in [0, 0.05) is 23.8 Å². The number of hydrogen-bond donors (Lipinski definition) is 1. The normalized spacial score (nSPS) is 16.4. The smallest absolute Gasteiger partial charge is 0.270 e. The molecule has 1 aromatic heterocycles. The zero-order valence-corrected chi connectivity index (χ0v) is 18.5. The van der Waals surface area contributed by atoms with Crippen LogP contribution in [0.1, 0.15) is 57.9 Å². The maximum atomic E-state index is 12.9. The number of benzene rings is 2. The number of amides is 1. The third-order valence-electron chi connectivity index (χ3n) is 6.39. The Hall–Kier alpha value is -2.86. The molecule has 0 unspecified atom stereocenters. The summed E-state index contributed by atoms with van der Waals surface area (Å²) >= 11 is 1.54. The molecule has 1 fully saturated rings. The highest BCUT2D eigenvalue weighted by molar-refractivity contribution is 7.09. The van der Waals surface area contributed by atoms with Crippen molar-refractivity contribution in [2.24, 2.45) is 0 Å². The minimum atomic E-state index is -0.0987. The van der Waals surface area contributed by atoms with Gasteiger partial charge in [-0.1, -0.05) is 48.7 Å². The molecule has 1 amide bonds. The number of carbonyl (C=O) groups excluding carboxylic acids is 1. The molecule has 0 atom stereocenters. The Kier molecular flexibility index (Phi) is 5.40. The van der Waals surface area contributed by atoms with Gasteiger partial charge in [0.25, 0.3) is 5.91 Å². The van der Waals surface area contributed by atoms with Gasteiger partial charge < -0.3 is 14.8 Å². The Bertz CT molecular complexity index is 1080. The van der Waals surface area contributed by atoms with Gasteiger partial charge in [-0.05, 0) is 43.0 Å².